The van der Waals surface area contributed by atoms with Crippen molar-refractivity contribution >= 4 is 5.97 Å². The molecule has 0 N–H and O–H groups in total. The highest BCUT2D eigenvalue weighted by atomic mass is 16.7. The summed E-state index contributed by atoms with van der Waals surface area (Å²) in [6.07, 6.45) is 1.29. The fourth-order valence-electron chi connectivity index (χ4n) is 3.39. The Hall–Kier alpha value is -3.22. The summed E-state index contributed by atoms with van der Waals surface area (Å²) in [6.45, 7) is 3.41. The Balaban J connectivity index is 1.72. The summed E-state index contributed by atoms with van der Waals surface area (Å²) in [5.74, 6) is 0.252. The summed E-state index contributed by atoms with van der Waals surface area (Å²) in [7, 11) is 1.37. The number of hydrogen-bond donors (Lipinski definition) is 0. The lowest BCUT2D eigenvalue weighted by atomic mass is 9.97. The van der Waals surface area contributed by atoms with Gasteiger partial charge in [0.25, 0.3) is 0 Å². The van der Waals surface area contributed by atoms with Gasteiger partial charge < -0.3 is 18.9 Å². The largest absolute Gasteiger partial charge is 0.487 e. The number of carbonyl (C=O) groups excluding carboxylic acids is 1. The van der Waals surface area contributed by atoms with Gasteiger partial charge in [0.1, 0.15) is 12.4 Å². The molecule has 0 radical (unpaired) electrons. The van der Waals surface area contributed by atoms with E-state index < -0.39 is 12.3 Å². The molecule has 154 valence electrons. The van der Waals surface area contributed by atoms with Crippen molar-refractivity contribution in [2.75, 3.05) is 20.3 Å². The van der Waals surface area contributed by atoms with E-state index in [1.165, 1.54) is 7.11 Å². The van der Waals surface area contributed by atoms with Gasteiger partial charge in [-0.25, -0.2) is 4.79 Å². The highest BCUT2D eigenvalue weighted by Crippen LogP contribution is 2.34. The second-order valence-corrected chi connectivity index (χ2v) is 6.96. The first kappa shape index (κ1) is 20.1. The average Bonchev–Trinajstić information content (AvgIpc) is 3.33. The first-order chi connectivity index (χ1) is 14.7. The van der Waals surface area contributed by atoms with E-state index in [1.54, 1.807) is 12.3 Å². The van der Waals surface area contributed by atoms with Crippen molar-refractivity contribution in [3.05, 3.63) is 83.2 Å². The Bertz CT molecular complexity index is 1040. The van der Waals surface area contributed by atoms with E-state index in [2.05, 4.69) is 4.98 Å². The summed E-state index contributed by atoms with van der Waals surface area (Å²) in [5, 5.41) is 0. The van der Waals surface area contributed by atoms with Gasteiger partial charge in [-0.1, -0.05) is 24.3 Å². The van der Waals surface area contributed by atoms with E-state index in [0.29, 0.717) is 31.1 Å². The molecule has 2 heterocycles. The summed E-state index contributed by atoms with van der Waals surface area (Å²) < 4.78 is 22.4. The van der Waals surface area contributed by atoms with Gasteiger partial charge in [-0.3, -0.25) is 4.98 Å². The average molecular weight is 405 g/mol. The molecule has 0 atom stereocenters. The highest BCUT2D eigenvalue weighted by molar-refractivity contribution is 5.97. The molecule has 1 aromatic heterocycles. The van der Waals surface area contributed by atoms with E-state index in [4.69, 9.17) is 18.9 Å². The molecule has 2 aromatic carbocycles. The van der Waals surface area contributed by atoms with Crippen LogP contribution in [0.15, 0.2) is 60.8 Å². The maximum atomic E-state index is 12.3. The topological polar surface area (TPSA) is 66.9 Å². The number of ether oxygens (including phenoxy) is 4. The molecule has 30 heavy (non-hydrogen) atoms. The number of methoxy groups -OCH3 is 1. The first-order valence-electron chi connectivity index (χ1n) is 9.75. The van der Waals surface area contributed by atoms with Crippen LogP contribution < -0.4 is 4.74 Å². The fraction of sp³-hybridized carbons (Fsp3) is 0.250. The Morgan fingerprint density at radius 2 is 1.90 bits per heavy atom. The Kier molecular flexibility index (Phi) is 6.07. The van der Waals surface area contributed by atoms with Crippen molar-refractivity contribution in [3.63, 3.8) is 0 Å². The molecule has 4 rings (SSSR count). The standard InChI is InChI=1S/C24H23NO5/c1-16-6-5-9-25-22(16)15-30-19-13-17(12-18(14-19)24-28-10-11-29-24)20-7-3-4-8-21(20)23(26)27-2/h3-9,12-14,24H,10-11,15H2,1-2H3. The number of aromatic nitrogens is 1. The van der Waals surface area contributed by atoms with E-state index in [1.807, 2.05) is 55.5 Å². The van der Waals surface area contributed by atoms with E-state index in [9.17, 15) is 4.79 Å². The van der Waals surface area contributed by atoms with Gasteiger partial charge in [-0.2, -0.15) is 0 Å². The maximum absolute atomic E-state index is 12.3. The van der Waals surface area contributed by atoms with Crippen molar-refractivity contribution in [2.24, 2.45) is 0 Å². The summed E-state index contributed by atoms with van der Waals surface area (Å²) in [5.41, 5.74) is 4.82. The van der Waals surface area contributed by atoms with Crippen LogP contribution in [0.4, 0.5) is 0 Å². The van der Waals surface area contributed by atoms with E-state index in [0.717, 1.165) is 27.9 Å². The molecule has 1 fully saturated rings. The molecule has 0 saturated carbocycles. The van der Waals surface area contributed by atoms with Gasteiger partial charge in [0.05, 0.1) is 31.6 Å². The zero-order valence-corrected chi connectivity index (χ0v) is 17.0. The summed E-state index contributed by atoms with van der Waals surface area (Å²) in [6, 6.07) is 17.0. The van der Waals surface area contributed by atoms with Gasteiger partial charge in [0.2, 0.25) is 0 Å². The summed E-state index contributed by atoms with van der Waals surface area (Å²) >= 11 is 0. The van der Waals surface area contributed by atoms with Crippen LogP contribution >= 0.6 is 0 Å². The molecule has 6 heteroatoms. The van der Waals surface area contributed by atoms with Gasteiger partial charge in [0, 0.05) is 11.8 Å². The van der Waals surface area contributed by atoms with E-state index >= 15 is 0 Å². The van der Waals surface area contributed by atoms with Crippen LogP contribution in [0.25, 0.3) is 11.1 Å². The monoisotopic (exact) mass is 405 g/mol. The highest BCUT2D eigenvalue weighted by Gasteiger charge is 2.21. The number of nitrogens with zero attached hydrogens (tertiary/aromatic N) is 1. The minimum atomic E-state index is -0.464. The lowest BCUT2D eigenvalue weighted by molar-refractivity contribution is -0.0442. The molecule has 0 unspecified atom stereocenters. The second kappa shape index (κ2) is 9.07. The zero-order chi connectivity index (χ0) is 20.9. The SMILES string of the molecule is COC(=O)c1ccccc1-c1cc(OCc2ncccc2C)cc(C2OCCO2)c1. The number of rotatable bonds is 6. The Labute approximate surface area is 175 Å². The predicted molar refractivity (Wildman–Crippen MR) is 111 cm³/mol. The summed E-state index contributed by atoms with van der Waals surface area (Å²) in [4.78, 5) is 16.7. The van der Waals surface area contributed by atoms with Crippen molar-refractivity contribution in [1.29, 1.82) is 0 Å². The zero-order valence-electron chi connectivity index (χ0n) is 17.0. The molecular weight excluding hydrogens is 382 g/mol. The van der Waals surface area contributed by atoms with Crippen LogP contribution in [0.2, 0.25) is 0 Å². The third-order valence-corrected chi connectivity index (χ3v) is 4.96. The van der Waals surface area contributed by atoms with Crippen molar-refractivity contribution in [1.82, 2.24) is 4.98 Å². The van der Waals surface area contributed by atoms with Crippen LogP contribution in [-0.4, -0.2) is 31.3 Å². The van der Waals surface area contributed by atoms with Crippen LogP contribution in [0, 0.1) is 6.92 Å². The molecule has 0 spiro atoms. The maximum Gasteiger partial charge on any atom is 0.338 e. The Morgan fingerprint density at radius 1 is 1.10 bits per heavy atom. The number of aryl methyl sites for hydroxylation is 1. The number of hydrogen-bond acceptors (Lipinski definition) is 6. The third-order valence-electron chi connectivity index (χ3n) is 4.96. The molecule has 6 nitrogen and oxygen atoms in total. The Morgan fingerprint density at radius 3 is 2.67 bits per heavy atom. The molecule has 1 aliphatic rings. The van der Waals surface area contributed by atoms with Crippen molar-refractivity contribution in [2.45, 2.75) is 19.8 Å². The van der Waals surface area contributed by atoms with Crippen molar-refractivity contribution < 1.29 is 23.7 Å². The van der Waals surface area contributed by atoms with Crippen molar-refractivity contribution in [3.8, 4) is 16.9 Å². The molecule has 3 aromatic rings. The predicted octanol–water partition coefficient (Wildman–Crippen LogP) is 4.47. The van der Waals surface area contributed by atoms with Gasteiger partial charge in [0.15, 0.2) is 6.29 Å². The van der Waals surface area contributed by atoms with Gasteiger partial charge in [-0.05, 0) is 53.9 Å². The minimum Gasteiger partial charge on any atom is -0.487 e. The minimum absolute atomic E-state index is 0.334. The number of esters is 1. The third kappa shape index (κ3) is 4.35. The fourth-order valence-corrected chi connectivity index (χ4v) is 3.39. The van der Waals surface area contributed by atoms with Crippen LogP contribution in [-0.2, 0) is 20.8 Å². The lowest BCUT2D eigenvalue weighted by Gasteiger charge is -2.16. The van der Waals surface area contributed by atoms with Crippen LogP contribution in [0.1, 0.15) is 33.5 Å². The molecular formula is C24H23NO5. The molecule has 1 aliphatic heterocycles. The number of pyridine rings is 1. The smallest absolute Gasteiger partial charge is 0.338 e. The van der Waals surface area contributed by atoms with Crippen LogP contribution in [0.5, 0.6) is 5.75 Å². The molecule has 1 saturated heterocycles. The van der Waals surface area contributed by atoms with Gasteiger partial charge in [-0.15, -0.1) is 0 Å². The second-order valence-electron chi connectivity index (χ2n) is 6.96. The molecule has 0 amide bonds. The van der Waals surface area contributed by atoms with Crippen LogP contribution in [0.3, 0.4) is 0 Å². The molecule has 0 bridgehead atoms. The first-order valence-corrected chi connectivity index (χ1v) is 9.75. The lowest BCUT2D eigenvalue weighted by Crippen LogP contribution is -2.05. The van der Waals surface area contributed by atoms with Gasteiger partial charge >= 0.3 is 5.97 Å². The number of carbonyl (C=O) groups is 1. The quantitative estimate of drug-likeness (QED) is 0.564. The normalized spacial score (nSPS) is 13.9. The number of benzene rings is 2. The van der Waals surface area contributed by atoms with E-state index in [-0.39, 0.29) is 0 Å². The molecule has 0 aliphatic carbocycles.